The highest BCUT2D eigenvalue weighted by molar-refractivity contribution is 7.18. The van der Waals surface area contributed by atoms with Crippen LogP contribution in [0.25, 0.3) is 10.2 Å². The Kier molecular flexibility index (Phi) is 5.95. The number of carbonyl (C=O) groups is 1. The standard InChI is InChI=1S/C24H28FN5OS/c1-2-20-14-21-22(26-16-27-23(21)32-20)30-9-3-4-17(15-30)24(31)29-12-10-28(11-13-29)19-7-5-18(25)6-8-19/h5-8,14,16-17H,2-4,9-13,15H2,1H3/t17-/m1/s1. The SMILES string of the molecule is CCc1cc2c(N3CCC[C@@H](C(=O)N4CCN(c5ccc(F)cc5)CC4)C3)ncnc2s1. The zero-order valence-corrected chi connectivity index (χ0v) is 19.2. The molecule has 0 spiro atoms. The first kappa shape index (κ1) is 21.1. The molecule has 3 aromatic rings. The van der Waals surface area contributed by atoms with Crippen LogP contribution < -0.4 is 9.80 Å². The first-order chi connectivity index (χ1) is 15.6. The molecule has 0 bridgehead atoms. The lowest BCUT2D eigenvalue weighted by molar-refractivity contribution is -0.136. The molecule has 1 atom stereocenters. The van der Waals surface area contributed by atoms with E-state index >= 15 is 0 Å². The number of halogens is 1. The van der Waals surface area contributed by atoms with E-state index in [9.17, 15) is 9.18 Å². The van der Waals surface area contributed by atoms with Gasteiger partial charge in [0.1, 0.15) is 22.8 Å². The summed E-state index contributed by atoms with van der Waals surface area (Å²) in [4.78, 5) is 31.2. The van der Waals surface area contributed by atoms with Crippen molar-refractivity contribution in [3.8, 4) is 0 Å². The van der Waals surface area contributed by atoms with Crippen molar-refractivity contribution in [2.75, 3.05) is 49.1 Å². The fraction of sp³-hybridized carbons (Fsp3) is 0.458. The first-order valence-electron chi connectivity index (χ1n) is 11.4. The van der Waals surface area contributed by atoms with E-state index in [0.717, 1.165) is 60.6 Å². The van der Waals surface area contributed by atoms with Crippen LogP contribution in [0, 0.1) is 11.7 Å². The number of amides is 1. The summed E-state index contributed by atoms with van der Waals surface area (Å²) in [5, 5.41) is 1.11. The molecule has 0 saturated carbocycles. The van der Waals surface area contributed by atoms with Gasteiger partial charge >= 0.3 is 0 Å². The fourth-order valence-electron chi connectivity index (χ4n) is 4.79. The number of aromatic nitrogens is 2. The molecule has 168 valence electrons. The van der Waals surface area contributed by atoms with Crippen LogP contribution in [-0.4, -0.2) is 60.0 Å². The highest BCUT2D eigenvalue weighted by atomic mass is 32.1. The number of piperidine rings is 1. The molecule has 5 rings (SSSR count). The van der Waals surface area contributed by atoms with E-state index in [0.29, 0.717) is 19.6 Å². The molecule has 8 heteroatoms. The van der Waals surface area contributed by atoms with E-state index in [4.69, 9.17) is 0 Å². The summed E-state index contributed by atoms with van der Waals surface area (Å²) in [5.41, 5.74) is 1.01. The number of rotatable bonds is 4. The summed E-state index contributed by atoms with van der Waals surface area (Å²) in [6, 6.07) is 8.80. The highest BCUT2D eigenvalue weighted by Gasteiger charge is 2.32. The van der Waals surface area contributed by atoms with E-state index in [1.807, 2.05) is 17.0 Å². The van der Waals surface area contributed by atoms with Gasteiger partial charge < -0.3 is 14.7 Å². The quantitative estimate of drug-likeness (QED) is 0.599. The number of carbonyl (C=O) groups excluding carboxylic acids is 1. The lowest BCUT2D eigenvalue weighted by Crippen LogP contribution is -2.52. The Hall–Kier alpha value is -2.74. The van der Waals surface area contributed by atoms with Gasteiger partial charge in [-0.1, -0.05) is 6.92 Å². The maximum absolute atomic E-state index is 13.3. The molecule has 6 nitrogen and oxygen atoms in total. The molecule has 1 amide bonds. The van der Waals surface area contributed by atoms with Crippen molar-refractivity contribution in [1.29, 1.82) is 0 Å². The maximum Gasteiger partial charge on any atom is 0.227 e. The largest absolute Gasteiger partial charge is 0.368 e. The normalized spacial score (nSPS) is 19.6. The van der Waals surface area contributed by atoms with Crippen molar-refractivity contribution < 1.29 is 9.18 Å². The lowest BCUT2D eigenvalue weighted by Gasteiger charge is -2.40. The van der Waals surface area contributed by atoms with E-state index in [-0.39, 0.29) is 17.6 Å². The topological polar surface area (TPSA) is 52.6 Å². The third-order valence-corrected chi connectivity index (χ3v) is 7.75. The van der Waals surface area contributed by atoms with Gasteiger partial charge in [0.15, 0.2) is 0 Å². The van der Waals surface area contributed by atoms with Crippen molar-refractivity contribution in [2.45, 2.75) is 26.2 Å². The van der Waals surface area contributed by atoms with Gasteiger partial charge in [-0.15, -0.1) is 11.3 Å². The molecule has 0 unspecified atom stereocenters. The minimum Gasteiger partial charge on any atom is -0.368 e. The van der Waals surface area contributed by atoms with Crippen LogP contribution in [0.1, 0.15) is 24.6 Å². The fourth-order valence-corrected chi connectivity index (χ4v) is 5.71. The predicted molar refractivity (Wildman–Crippen MR) is 127 cm³/mol. The van der Waals surface area contributed by atoms with Crippen molar-refractivity contribution in [3.05, 3.63) is 47.4 Å². The maximum atomic E-state index is 13.3. The zero-order chi connectivity index (χ0) is 22.1. The van der Waals surface area contributed by atoms with E-state index in [1.165, 1.54) is 17.0 Å². The second kappa shape index (κ2) is 9.02. The van der Waals surface area contributed by atoms with Crippen LogP contribution in [0.5, 0.6) is 0 Å². The van der Waals surface area contributed by atoms with Gasteiger partial charge in [-0.3, -0.25) is 4.79 Å². The van der Waals surface area contributed by atoms with Crippen molar-refractivity contribution >= 4 is 39.0 Å². The Morgan fingerprint density at radius 2 is 1.88 bits per heavy atom. The summed E-state index contributed by atoms with van der Waals surface area (Å²) in [7, 11) is 0. The number of aryl methyl sites for hydroxylation is 1. The molecule has 2 aromatic heterocycles. The number of benzene rings is 1. The Labute approximate surface area is 191 Å². The second-order valence-electron chi connectivity index (χ2n) is 8.56. The lowest BCUT2D eigenvalue weighted by atomic mass is 9.96. The van der Waals surface area contributed by atoms with Crippen LogP contribution in [-0.2, 0) is 11.2 Å². The average Bonchev–Trinajstić information content (AvgIpc) is 3.28. The van der Waals surface area contributed by atoms with E-state index < -0.39 is 0 Å². The number of thiophene rings is 1. The minimum atomic E-state index is -0.223. The number of hydrogen-bond acceptors (Lipinski definition) is 6. The number of nitrogens with zero attached hydrogens (tertiary/aromatic N) is 5. The number of hydrogen-bond donors (Lipinski definition) is 0. The first-order valence-corrected chi connectivity index (χ1v) is 12.2. The molecule has 32 heavy (non-hydrogen) atoms. The van der Waals surface area contributed by atoms with Gasteiger partial charge in [-0.05, 0) is 49.6 Å². The van der Waals surface area contributed by atoms with E-state index in [2.05, 4.69) is 32.8 Å². The van der Waals surface area contributed by atoms with Gasteiger partial charge in [-0.25, -0.2) is 14.4 Å². The number of fused-ring (bicyclic) bond motifs is 1. The van der Waals surface area contributed by atoms with Crippen molar-refractivity contribution in [3.63, 3.8) is 0 Å². The summed E-state index contributed by atoms with van der Waals surface area (Å²) < 4.78 is 13.2. The van der Waals surface area contributed by atoms with Crippen LogP contribution in [0.4, 0.5) is 15.9 Å². The Bertz CT molecular complexity index is 1090. The van der Waals surface area contributed by atoms with Gasteiger partial charge in [0.05, 0.1) is 11.3 Å². The molecule has 4 heterocycles. The molecule has 2 saturated heterocycles. The second-order valence-corrected chi connectivity index (χ2v) is 9.67. The third kappa shape index (κ3) is 4.16. The number of piperazine rings is 1. The molecule has 0 radical (unpaired) electrons. The number of anilines is 2. The van der Waals surface area contributed by atoms with Gasteiger partial charge in [-0.2, -0.15) is 0 Å². The van der Waals surface area contributed by atoms with Crippen LogP contribution in [0.3, 0.4) is 0 Å². The summed E-state index contributed by atoms with van der Waals surface area (Å²) in [6.45, 7) is 6.74. The molecule has 2 fully saturated rings. The minimum absolute atomic E-state index is 0.00424. The molecule has 2 aliphatic rings. The van der Waals surface area contributed by atoms with Crippen LogP contribution in [0.2, 0.25) is 0 Å². The molecule has 0 N–H and O–H groups in total. The monoisotopic (exact) mass is 453 g/mol. The Morgan fingerprint density at radius 3 is 2.62 bits per heavy atom. The Balaban J connectivity index is 1.25. The Morgan fingerprint density at radius 1 is 1.09 bits per heavy atom. The van der Waals surface area contributed by atoms with Gasteiger partial charge in [0.25, 0.3) is 0 Å². The van der Waals surface area contributed by atoms with E-state index in [1.54, 1.807) is 17.7 Å². The van der Waals surface area contributed by atoms with Crippen molar-refractivity contribution in [2.24, 2.45) is 5.92 Å². The summed E-state index contributed by atoms with van der Waals surface area (Å²) in [5.74, 6) is 0.983. The predicted octanol–water partition coefficient (Wildman–Crippen LogP) is 3.96. The third-order valence-electron chi connectivity index (χ3n) is 6.56. The molecular weight excluding hydrogens is 425 g/mol. The highest BCUT2D eigenvalue weighted by Crippen LogP contribution is 2.33. The summed E-state index contributed by atoms with van der Waals surface area (Å²) >= 11 is 1.73. The van der Waals surface area contributed by atoms with Crippen LogP contribution >= 0.6 is 11.3 Å². The molecule has 2 aliphatic heterocycles. The van der Waals surface area contributed by atoms with Crippen molar-refractivity contribution in [1.82, 2.24) is 14.9 Å². The molecule has 1 aromatic carbocycles. The van der Waals surface area contributed by atoms with Gasteiger partial charge in [0.2, 0.25) is 5.91 Å². The average molecular weight is 454 g/mol. The van der Waals surface area contributed by atoms with Gasteiger partial charge in [0, 0.05) is 49.8 Å². The molecule has 0 aliphatic carbocycles. The smallest absolute Gasteiger partial charge is 0.227 e. The van der Waals surface area contributed by atoms with Crippen LogP contribution in [0.15, 0.2) is 36.7 Å². The molecular formula is C24H28FN5OS. The zero-order valence-electron chi connectivity index (χ0n) is 18.3. The summed E-state index contributed by atoms with van der Waals surface area (Å²) in [6.07, 6.45) is 4.55.